The summed E-state index contributed by atoms with van der Waals surface area (Å²) in [6.07, 6.45) is 1.67. The van der Waals surface area contributed by atoms with E-state index in [1.165, 1.54) is 0 Å². The van der Waals surface area contributed by atoms with Crippen molar-refractivity contribution in [3.8, 4) is 0 Å². The molecule has 1 aromatic carbocycles. The molecule has 1 heterocycles. The molecule has 20 heavy (non-hydrogen) atoms. The molecule has 1 aliphatic rings. The van der Waals surface area contributed by atoms with Gasteiger partial charge in [0.1, 0.15) is 5.82 Å². The fourth-order valence-corrected chi connectivity index (χ4v) is 3.01. The first-order valence-corrected chi connectivity index (χ1v) is 7.82. The highest BCUT2D eigenvalue weighted by Gasteiger charge is 2.36. The lowest BCUT2D eigenvalue weighted by Crippen LogP contribution is -2.43. The van der Waals surface area contributed by atoms with Crippen LogP contribution in [0.5, 0.6) is 0 Å². The third kappa shape index (κ3) is 2.69. The largest absolute Gasteiger partial charge is 0.333 e. The smallest absolute Gasteiger partial charge is 0.257 e. The number of sulfonamides is 1. The number of likely N-dealkylation sites (tertiary alicyclic amines) is 1. The van der Waals surface area contributed by atoms with Gasteiger partial charge in [-0.25, -0.2) is 17.9 Å². The number of hydrogen-bond donors (Lipinski definition) is 1. The third-order valence-corrected chi connectivity index (χ3v) is 4.55. The topological polar surface area (TPSA) is 80.5 Å². The molecule has 0 aliphatic carbocycles. The Morgan fingerprint density at radius 3 is 2.55 bits per heavy atom. The second-order valence-electron chi connectivity index (χ2n) is 5.56. The summed E-state index contributed by atoms with van der Waals surface area (Å²) in [6, 6.07) is 3.01. The molecule has 2 rings (SSSR count). The molecule has 0 unspecified atom stereocenters. The van der Waals surface area contributed by atoms with Crippen LogP contribution in [-0.2, 0) is 10.0 Å². The van der Waals surface area contributed by atoms with E-state index in [-0.39, 0.29) is 16.0 Å². The van der Waals surface area contributed by atoms with Crippen molar-refractivity contribution in [2.45, 2.75) is 37.1 Å². The minimum atomic E-state index is -3.97. The normalized spacial score (nSPS) is 18.3. The Hall–Kier alpha value is -1.47. The molecule has 0 bridgehead atoms. The van der Waals surface area contributed by atoms with Crippen LogP contribution in [-0.4, -0.2) is 31.3 Å². The summed E-state index contributed by atoms with van der Waals surface area (Å²) in [5.74, 6) is -1.25. The molecule has 1 saturated heterocycles. The maximum atomic E-state index is 13.8. The number of halogens is 1. The van der Waals surface area contributed by atoms with Crippen LogP contribution in [0.15, 0.2) is 23.1 Å². The summed E-state index contributed by atoms with van der Waals surface area (Å²) in [5.41, 5.74) is -0.618. The van der Waals surface area contributed by atoms with Gasteiger partial charge < -0.3 is 4.90 Å². The predicted octanol–water partition coefficient (Wildman–Crippen LogP) is 1.49. The van der Waals surface area contributed by atoms with E-state index in [4.69, 9.17) is 5.14 Å². The third-order valence-electron chi connectivity index (χ3n) is 3.64. The van der Waals surface area contributed by atoms with E-state index in [0.717, 1.165) is 31.0 Å². The Morgan fingerprint density at radius 2 is 2.05 bits per heavy atom. The van der Waals surface area contributed by atoms with Crippen molar-refractivity contribution in [2.75, 3.05) is 6.54 Å². The first-order chi connectivity index (χ1) is 9.13. The van der Waals surface area contributed by atoms with E-state index in [2.05, 4.69) is 0 Å². The predicted molar refractivity (Wildman–Crippen MR) is 72.1 cm³/mol. The van der Waals surface area contributed by atoms with Crippen molar-refractivity contribution in [3.05, 3.63) is 29.6 Å². The molecule has 1 aromatic rings. The summed E-state index contributed by atoms with van der Waals surface area (Å²) >= 11 is 0. The van der Waals surface area contributed by atoms with E-state index in [9.17, 15) is 17.6 Å². The first-order valence-electron chi connectivity index (χ1n) is 6.27. The number of hydrogen-bond acceptors (Lipinski definition) is 3. The van der Waals surface area contributed by atoms with Gasteiger partial charge in [0.15, 0.2) is 0 Å². The number of benzene rings is 1. The summed E-state index contributed by atoms with van der Waals surface area (Å²) < 4.78 is 36.4. The van der Waals surface area contributed by atoms with Gasteiger partial charge in [-0.15, -0.1) is 0 Å². The van der Waals surface area contributed by atoms with Crippen LogP contribution in [0.4, 0.5) is 4.39 Å². The second-order valence-corrected chi connectivity index (χ2v) is 7.12. The Morgan fingerprint density at radius 1 is 1.40 bits per heavy atom. The molecule has 0 radical (unpaired) electrons. The molecule has 110 valence electrons. The van der Waals surface area contributed by atoms with Gasteiger partial charge in [-0.3, -0.25) is 4.79 Å². The molecule has 1 fully saturated rings. The van der Waals surface area contributed by atoms with Crippen molar-refractivity contribution in [1.29, 1.82) is 0 Å². The highest BCUT2D eigenvalue weighted by Crippen LogP contribution is 2.30. The van der Waals surface area contributed by atoms with Crippen LogP contribution < -0.4 is 5.14 Å². The van der Waals surface area contributed by atoms with Gasteiger partial charge in [-0.05, 0) is 44.9 Å². The SMILES string of the molecule is CC1(C)CCCN1C(=O)c1cc(S(N)(=O)=O)ccc1F. The van der Waals surface area contributed by atoms with Gasteiger partial charge in [0.2, 0.25) is 10.0 Å². The highest BCUT2D eigenvalue weighted by molar-refractivity contribution is 7.89. The lowest BCUT2D eigenvalue weighted by molar-refractivity contribution is 0.0647. The lowest BCUT2D eigenvalue weighted by Gasteiger charge is -2.31. The Balaban J connectivity index is 2.45. The Labute approximate surface area is 117 Å². The fraction of sp³-hybridized carbons (Fsp3) is 0.462. The Bertz CT molecular complexity index is 656. The van der Waals surface area contributed by atoms with Gasteiger partial charge in [0.25, 0.3) is 5.91 Å². The number of nitrogens with two attached hydrogens (primary N) is 1. The zero-order valence-corrected chi connectivity index (χ0v) is 12.2. The van der Waals surface area contributed by atoms with Crippen molar-refractivity contribution in [1.82, 2.24) is 4.90 Å². The van der Waals surface area contributed by atoms with E-state index >= 15 is 0 Å². The van der Waals surface area contributed by atoms with Crippen molar-refractivity contribution >= 4 is 15.9 Å². The highest BCUT2D eigenvalue weighted by atomic mass is 32.2. The fourth-order valence-electron chi connectivity index (χ4n) is 2.47. The van der Waals surface area contributed by atoms with Crippen molar-refractivity contribution in [2.24, 2.45) is 5.14 Å². The second kappa shape index (κ2) is 4.82. The summed E-state index contributed by atoms with van der Waals surface area (Å²) in [4.78, 5) is 13.7. The molecule has 0 saturated carbocycles. The van der Waals surface area contributed by atoms with Crippen LogP contribution in [0.3, 0.4) is 0 Å². The van der Waals surface area contributed by atoms with Gasteiger partial charge in [0, 0.05) is 12.1 Å². The molecule has 2 N–H and O–H groups in total. The van der Waals surface area contributed by atoms with Crippen LogP contribution in [0.25, 0.3) is 0 Å². The molecule has 0 aromatic heterocycles. The van der Waals surface area contributed by atoms with Crippen molar-refractivity contribution < 1.29 is 17.6 Å². The molecule has 0 spiro atoms. The quantitative estimate of drug-likeness (QED) is 0.898. The number of primary sulfonamides is 1. The minimum Gasteiger partial charge on any atom is -0.333 e. The average molecular weight is 300 g/mol. The average Bonchev–Trinajstić information content (AvgIpc) is 2.67. The number of nitrogens with zero attached hydrogens (tertiary/aromatic N) is 1. The molecule has 7 heteroatoms. The molecule has 1 aliphatic heterocycles. The van der Waals surface area contributed by atoms with Crippen molar-refractivity contribution in [3.63, 3.8) is 0 Å². The molecular formula is C13H17FN2O3S. The molecule has 5 nitrogen and oxygen atoms in total. The zero-order chi connectivity index (χ0) is 15.1. The van der Waals surface area contributed by atoms with Crippen LogP contribution in [0, 0.1) is 5.82 Å². The maximum Gasteiger partial charge on any atom is 0.257 e. The van der Waals surface area contributed by atoms with E-state index < -0.39 is 21.7 Å². The van der Waals surface area contributed by atoms with Gasteiger partial charge in [-0.2, -0.15) is 0 Å². The summed E-state index contributed by atoms with van der Waals surface area (Å²) in [7, 11) is -3.97. The molecule has 0 atom stereocenters. The Kier molecular flexibility index (Phi) is 3.60. The van der Waals surface area contributed by atoms with Crippen LogP contribution >= 0.6 is 0 Å². The van der Waals surface area contributed by atoms with Crippen LogP contribution in [0.2, 0.25) is 0 Å². The lowest BCUT2D eigenvalue weighted by atomic mass is 10.0. The first kappa shape index (κ1) is 14.9. The van der Waals surface area contributed by atoms with Crippen LogP contribution in [0.1, 0.15) is 37.0 Å². The minimum absolute atomic E-state index is 0.258. The van der Waals surface area contributed by atoms with Gasteiger partial charge in [-0.1, -0.05) is 0 Å². The van der Waals surface area contributed by atoms with Gasteiger partial charge >= 0.3 is 0 Å². The van der Waals surface area contributed by atoms with E-state index in [1.807, 2.05) is 13.8 Å². The van der Waals surface area contributed by atoms with Gasteiger partial charge in [0.05, 0.1) is 10.5 Å². The number of amides is 1. The van der Waals surface area contributed by atoms with E-state index in [0.29, 0.717) is 6.54 Å². The molecule has 1 amide bonds. The number of carbonyl (C=O) groups is 1. The summed E-state index contributed by atoms with van der Waals surface area (Å²) in [5, 5.41) is 5.01. The zero-order valence-electron chi connectivity index (χ0n) is 11.4. The van der Waals surface area contributed by atoms with E-state index in [1.54, 1.807) is 4.90 Å². The number of rotatable bonds is 2. The number of carbonyl (C=O) groups excluding carboxylic acids is 1. The maximum absolute atomic E-state index is 13.8. The summed E-state index contributed by atoms with van der Waals surface area (Å²) in [6.45, 7) is 4.34. The standard InChI is InChI=1S/C13H17FN2O3S/c1-13(2)6-3-7-16(13)12(17)10-8-9(20(15,18)19)4-5-11(10)14/h4-5,8H,3,6-7H2,1-2H3,(H2,15,18,19). The monoisotopic (exact) mass is 300 g/mol. The molecular weight excluding hydrogens is 283 g/mol.